The van der Waals surface area contributed by atoms with E-state index in [1.165, 1.54) is 23.5 Å². The quantitative estimate of drug-likeness (QED) is 0.520. The molecule has 0 fully saturated rings. The van der Waals surface area contributed by atoms with Crippen molar-refractivity contribution in [3.05, 3.63) is 71.0 Å². The van der Waals surface area contributed by atoms with Crippen LogP contribution in [0.5, 0.6) is 0 Å². The predicted octanol–water partition coefficient (Wildman–Crippen LogP) is 3.54. The van der Waals surface area contributed by atoms with Gasteiger partial charge in [-0.15, -0.1) is 0 Å². The SMILES string of the molecule is Cn1c(=NC(=O)c2cccc(S(C)(=O)=O)c2)sc2ccc3ccccc3c21. The minimum atomic E-state index is -3.38. The van der Waals surface area contributed by atoms with E-state index in [0.717, 1.165) is 27.2 Å². The van der Waals surface area contributed by atoms with Gasteiger partial charge in [0, 0.05) is 24.3 Å². The predicted molar refractivity (Wildman–Crippen MR) is 108 cm³/mol. The minimum Gasteiger partial charge on any atom is -0.319 e. The Labute approximate surface area is 160 Å². The fourth-order valence-corrected chi connectivity index (χ4v) is 4.73. The van der Waals surface area contributed by atoms with Crippen molar-refractivity contribution in [3.8, 4) is 0 Å². The van der Waals surface area contributed by atoms with Gasteiger partial charge >= 0.3 is 0 Å². The molecule has 0 N–H and O–H groups in total. The first kappa shape index (κ1) is 17.6. The number of aryl methyl sites for hydroxylation is 1. The van der Waals surface area contributed by atoms with Crippen LogP contribution in [0.15, 0.2) is 70.6 Å². The maximum atomic E-state index is 12.6. The van der Waals surface area contributed by atoms with Crippen LogP contribution in [0.1, 0.15) is 10.4 Å². The molecule has 1 heterocycles. The van der Waals surface area contributed by atoms with Crippen LogP contribution in [-0.4, -0.2) is 25.1 Å². The second-order valence-corrected chi connectivity index (χ2v) is 9.32. The molecule has 0 saturated carbocycles. The molecule has 136 valence electrons. The third kappa shape index (κ3) is 3.20. The fraction of sp³-hybridized carbons (Fsp3) is 0.100. The molecule has 0 atom stereocenters. The Morgan fingerprint density at radius 3 is 2.59 bits per heavy atom. The van der Waals surface area contributed by atoms with E-state index in [0.29, 0.717) is 4.80 Å². The standard InChI is InChI=1S/C20H16N2O3S2/c1-22-18-16-9-4-3-6-13(16)10-11-17(18)26-20(22)21-19(23)14-7-5-8-15(12-14)27(2,24)25/h3-12H,1-2H3. The van der Waals surface area contributed by atoms with Crippen molar-refractivity contribution in [3.63, 3.8) is 0 Å². The molecule has 4 aromatic rings. The molecule has 27 heavy (non-hydrogen) atoms. The van der Waals surface area contributed by atoms with E-state index in [1.54, 1.807) is 12.1 Å². The van der Waals surface area contributed by atoms with Crippen molar-refractivity contribution in [2.75, 3.05) is 6.26 Å². The van der Waals surface area contributed by atoms with E-state index in [2.05, 4.69) is 11.1 Å². The first-order valence-corrected chi connectivity index (χ1v) is 10.9. The number of rotatable bonds is 2. The van der Waals surface area contributed by atoms with Gasteiger partial charge in [-0.3, -0.25) is 4.79 Å². The number of carbonyl (C=O) groups is 1. The lowest BCUT2D eigenvalue weighted by Gasteiger charge is -2.02. The summed E-state index contributed by atoms with van der Waals surface area (Å²) in [6, 6.07) is 18.1. The Balaban J connectivity index is 1.87. The summed E-state index contributed by atoms with van der Waals surface area (Å²) in [6.07, 6.45) is 1.12. The second-order valence-electron chi connectivity index (χ2n) is 6.29. The highest BCUT2D eigenvalue weighted by atomic mass is 32.2. The maximum Gasteiger partial charge on any atom is 0.279 e. The molecule has 0 radical (unpaired) electrons. The Morgan fingerprint density at radius 2 is 1.81 bits per heavy atom. The van der Waals surface area contributed by atoms with Crippen molar-refractivity contribution in [2.24, 2.45) is 12.0 Å². The molecule has 0 aliphatic rings. The number of hydrogen-bond acceptors (Lipinski definition) is 4. The number of aromatic nitrogens is 1. The van der Waals surface area contributed by atoms with Crippen LogP contribution in [0.4, 0.5) is 0 Å². The molecular formula is C20H16N2O3S2. The highest BCUT2D eigenvalue weighted by Crippen LogP contribution is 2.26. The highest BCUT2D eigenvalue weighted by molar-refractivity contribution is 7.90. The summed E-state index contributed by atoms with van der Waals surface area (Å²) in [5, 5.41) is 2.22. The van der Waals surface area contributed by atoms with Gasteiger partial charge in [0.25, 0.3) is 5.91 Å². The smallest absolute Gasteiger partial charge is 0.279 e. The summed E-state index contributed by atoms with van der Waals surface area (Å²) < 4.78 is 26.4. The van der Waals surface area contributed by atoms with Gasteiger partial charge in [0.2, 0.25) is 0 Å². The van der Waals surface area contributed by atoms with Gasteiger partial charge < -0.3 is 4.57 Å². The van der Waals surface area contributed by atoms with Crippen molar-refractivity contribution in [2.45, 2.75) is 4.90 Å². The summed E-state index contributed by atoms with van der Waals surface area (Å²) >= 11 is 1.43. The molecule has 4 rings (SSSR count). The van der Waals surface area contributed by atoms with Crippen LogP contribution in [0.2, 0.25) is 0 Å². The van der Waals surface area contributed by atoms with Crippen LogP contribution >= 0.6 is 11.3 Å². The van der Waals surface area contributed by atoms with Gasteiger partial charge in [0.05, 0.1) is 15.1 Å². The highest BCUT2D eigenvalue weighted by Gasteiger charge is 2.12. The molecule has 0 bridgehead atoms. The molecule has 0 aliphatic heterocycles. The number of carbonyl (C=O) groups excluding carboxylic acids is 1. The molecule has 0 unspecified atom stereocenters. The topological polar surface area (TPSA) is 68.5 Å². The van der Waals surface area contributed by atoms with E-state index in [4.69, 9.17) is 0 Å². The fourth-order valence-electron chi connectivity index (χ4n) is 3.03. The van der Waals surface area contributed by atoms with Crippen LogP contribution in [0.3, 0.4) is 0 Å². The first-order chi connectivity index (χ1) is 12.8. The lowest BCUT2D eigenvalue weighted by Crippen LogP contribution is -2.13. The number of thiazole rings is 1. The number of fused-ring (bicyclic) bond motifs is 3. The Kier molecular flexibility index (Phi) is 4.20. The zero-order valence-corrected chi connectivity index (χ0v) is 16.3. The molecule has 1 amide bonds. The molecule has 5 nitrogen and oxygen atoms in total. The lowest BCUT2D eigenvalue weighted by molar-refractivity contribution is 0.0997. The molecule has 3 aromatic carbocycles. The van der Waals surface area contributed by atoms with E-state index in [1.807, 2.05) is 41.9 Å². The zero-order valence-electron chi connectivity index (χ0n) is 14.7. The summed E-state index contributed by atoms with van der Waals surface area (Å²) in [7, 11) is -1.50. The van der Waals surface area contributed by atoms with Gasteiger partial charge in [-0.25, -0.2) is 8.42 Å². The van der Waals surface area contributed by atoms with Crippen LogP contribution in [-0.2, 0) is 16.9 Å². The molecule has 0 saturated heterocycles. The summed E-state index contributed by atoms with van der Waals surface area (Å²) in [6.45, 7) is 0. The van der Waals surface area contributed by atoms with Crippen molar-refractivity contribution < 1.29 is 13.2 Å². The zero-order chi connectivity index (χ0) is 19.2. The van der Waals surface area contributed by atoms with Crippen molar-refractivity contribution in [1.29, 1.82) is 0 Å². The van der Waals surface area contributed by atoms with Crippen molar-refractivity contribution in [1.82, 2.24) is 4.57 Å². The van der Waals surface area contributed by atoms with Crippen molar-refractivity contribution >= 4 is 48.1 Å². The molecule has 7 heteroatoms. The van der Waals surface area contributed by atoms with E-state index >= 15 is 0 Å². The molecule has 1 aromatic heterocycles. The average Bonchev–Trinajstić information content (AvgIpc) is 2.97. The molecule has 0 aliphatic carbocycles. The monoisotopic (exact) mass is 396 g/mol. The Morgan fingerprint density at radius 1 is 1.04 bits per heavy atom. The van der Waals surface area contributed by atoms with Gasteiger partial charge in [-0.2, -0.15) is 4.99 Å². The Hall–Kier alpha value is -2.77. The largest absolute Gasteiger partial charge is 0.319 e. The van der Waals surface area contributed by atoms with E-state index in [9.17, 15) is 13.2 Å². The third-order valence-electron chi connectivity index (χ3n) is 4.39. The second kappa shape index (κ2) is 6.44. The third-order valence-corrected chi connectivity index (χ3v) is 6.60. The summed E-state index contributed by atoms with van der Waals surface area (Å²) in [5.41, 5.74) is 1.27. The average molecular weight is 396 g/mol. The maximum absolute atomic E-state index is 12.6. The van der Waals surface area contributed by atoms with Crippen LogP contribution in [0.25, 0.3) is 21.0 Å². The lowest BCUT2D eigenvalue weighted by atomic mass is 10.1. The first-order valence-electron chi connectivity index (χ1n) is 8.21. The number of amides is 1. The number of sulfone groups is 1. The Bertz CT molecular complexity index is 1380. The summed E-state index contributed by atoms with van der Waals surface area (Å²) in [4.78, 5) is 17.5. The van der Waals surface area contributed by atoms with Crippen LogP contribution in [0, 0.1) is 0 Å². The van der Waals surface area contributed by atoms with Crippen LogP contribution < -0.4 is 4.80 Å². The van der Waals surface area contributed by atoms with Gasteiger partial charge in [0.1, 0.15) is 0 Å². The van der Waals surface area contributed by atoms with Gasteiger partial charge in [0.15, 0.2) is 14.6 Å². The van der Waals surface area contributed by atoms with E-state index in [-0.39, 0.29) is 10.5 Å². The summed E-state index contributed by atoms with van der Waals surface area (Å²) in [5.74, 6) is -0.466. The van der Waals surface area contributed by atoms with Gasteiger partial charge in [-0.05, 0) is 29.7 Å². The molecular weight excluding hydrogens is 380 g/mol. The molecule has 0 spiro atoms. The number of benzene rings is 3. The van der Waals surface area contributed by atoms with E-state index < -0.39 is 15.7 Å². The number of hydrogen-bond donors (Lipinski definition) is 0. The number of nitrogens with zero attached hydrogens (tertiary/aromatic N) is 2. The minimum absolute atomic E-state index is 0.107. The van der Waals surface area contributed by atoms with Gasteiger partial charge in [-0.1, -0.05) is 47.7 Å². The normalized spacial score (nSPS) is 12.7.